The molecule has 0 saturated heterocycles. The Bertz CT molecular complexity index is 402. The standard InChI is InChI=1S/C16H33N5O2/c1-7-12(3)20-13(22)9-10-18-15(17-8-2)19-11-14(23)21-16(4,5)6/h12H,7-11H2,1-6H3,(H,20,22)(H,21,23)(H2,17,18,19). The Morgan fingerprint density at radius 1 is 1.09 bits per heavy atom. The summed E-state index contributed by atoms with van der Waals surface area (Å²) in [6, 6.07) is 0.186. The van der Waals surface area contributed by atoms with E-state index in [2.05, 4.69) is 26.3 Å². The lowest BCUT2D eigenvalue weighted by Gasteiger charge is -2.20. The average molecular weight is 327 g/mol. The van der Waals surface area contributed by atoms with Crippen molar-refractivity contribution >= 4 is 17.8 Å². The molecule has 0 saturated carbocycles. The van der Waals surface area contributed by atoms with Gasteiger partial charge in [0.15, 0.2) is 5.96 Å². The maximum absolute atomic E-state index is 11.8. The topological polar surface area (TPSA) is 94.6 Å². The first kappa shape index (κ1) is 21.2. The van der Waals surface area contributed by atoms with Crippen molar-refractivity contribution in [3.63, 3.8) is 0 Å². The second-order valence-corrected chi connectivity index (χ2v) is 6.55. The Balaban J connectivity index is 4.27. The first-order valence-electron chi connectivity index (χ1n) is 8.30. The van der Waals surface area contributed by atoms with Crippen LogP contribution in [0.2, 0.25) is 0 Å². The number of hydrogen-bond donors (Lipinski definition) is 4. The van der Waals surface area contributed by atoms with Gasteiger partial charge in [-0.3, -0.25) is 9.59 Å². The van der Waals surface area contributed by atoms with Gasteiger partial charge in [0.1, 0.15) is 6.54 Å². The van der Waals surface area contributed by atoms with Gasteiger partial charge in [-0.05, 0) is 41.0 Å². The molecule has 0 aromatic rings. The summed E-state index contributed by atoms with van der Waals surface area (Å²) in [4.78, 5) is 27.7. The first-order valence-corrected chi connectivity index (χ1v) is 8.30. The first-order chi connectivity index (χ1) is 10.7. The highest BCUT2D eigenvalue weighted by molar-refractivity contribution is 5.85. The zero-order valence-electron chi connectivity index (χ0n) is 15.4. The highest BCUT2D eigenvalue weighted by Gasteiger charge is 2.13. The van der Waals surface area contributed by atoms with Crippen LogP contribution >= 0.6 is 0 Å². The van der Waals surface area contributed by atoms with Gasteiger partial charge >= 0.3 is 0 Å². The monoisotopic (exact) mass is 327 g/mol. The van der Waals surface area contributed by atoms with Gasteiger partial charge in [-0.2, -0.15) is 0 Å². The summed E-state index contributed by atoms with van der Waals surface area (Å²) in [5.41, 5.74) is -0.271. The van der Waals surface area contributed by atoms with E-state index in [9.17, 15) is 9.59 Å². The number of guanidine groups is 1. The van der Waals surface area contributed by atoms with Crippen LogP contribution < -0.4 is 21.3 Å². The van der Waals surface area contributed by atoms with Crippen molar-refractivity contribution in [3.8, 4) is 0 Å². The fourth-order valence-electron chi connectivity index (χ4n) is 1.69. The number of aliphatic imine (C=N–C) groups is 1. The van der Waals surface area contributed by atoms with Crippen LogP contribution in [0.5, 0.6) is 0 Å². The molecular formula is C16H33N5O2. The average Bonchev–Trinajstić information content (AvgIpc) is 2.42. The zero-order chi connectivity index (χ0) is 17.9. The number of carbonyl (C=O) groups is 2. The van der Waals surface area contributed by atoms with E-state index < -0.39 is 0 Å². The normalized spacial score (nSPS) is 13.2. The van der Waals surface area contributed by atoms with E-state index in [0.717, 1.165) is 6.42 Å². The van der Waals surface area contributed by atoms with Crippen molar-refractivity contribution in [2.75, 3.05) is 19.6 Å². The minimum Gasteiger partial charge on any atom is -0.357 e. The van der Waals surface area contributed by atoms with Gasteiger partial charge in [0.25, 0.3) is 0 Å². The maximum Gasteiger partial charge on any atom is 0.242 e. The van der Waals surface area contributed by atoms with Crippen molar-refractivity contribution in [3.05, 3.63) is 0 Å². The van der Waals surface area contributed by atoms with E-state index in [1.807, 2.05) is 41.5 Å². The Morgan fingerprint density at radius 2 is 1.74 bits per heavy atom. The van der Waals surface area contributed by atoms with E-state index >= 15 is 0 Å². The molecule has 0 rings (SSSR count). The zero-order valence-corrected chi connectivity index (χ0v) is 15.4. The molecule has 0 spiro atoms. The summed E-state index contributed by atoms with van der Waals surface area (Å²) in [5.74, 6) is 0.408. The number of nitrogens with zero attached hydrogens (tertiary/aromatic N) is 1. The summed E-state index contributed by atoms with van der Waals surface area (Å²) in [5, 5.41) is 11.9. The Morgan fingerprint density at radius 3 is 2.26 bits per heavy atom. The fraction of sp³-hybridized carbons (Fsp3) is 0.812. The van der Waals surface area contributed by atoms with E-state index in [1.54, 1.807) is 0 Å². The SMILES string of the molecule is CCNC(=NCC(=O)NC(C)(C)C)NCCC(=O)NC(C)CC. The van der Waals surface area contributed by atoms with Crippen LogP contribution in [0.25, 0.3) is 0 Å². The maximum atomic E-state index is 11.8. The largest absolute Gasteiger partial charge is 0.357 e. The van der Waals surface area contributed by atoms with Crippen LogP contribution in [0.4, 0.5) is 0 Å². The van der Waals surface area contributed by atoms with Crippen LogP contribution in [0.1, 0.15) is 54.4 Å². The van der Waals surface area contributed by atoms with Gasteiger partial charge in [0.2, 0.25) is 11.8 Å². The molecule has 0 aliphatic rings. The molecule has 4 N–H and O–H groups in total. The third kappa shape index (κ3) is 12.4. The van der Waals surface area contributed by atoms with Crippen LogP contribution in [-0.4, -0.2) is 49.0 Å². The molecule has 23 heavy (non-hydrogen) atoms. The molecule has 2 amide bonds. The van der Waals surface area contributed by atoms with E-state index in [0.29, 0.717) is 25.5 Å². The lowest BCUT2D eigenvalue weighted by Crippen LogP contribution is -2.43. The van der Waals surface area contributed by atoms with Gasteiger partial charge < -0.3 is 21.3 Å². The molecule has 7 heteroatoms. The molecule has 0 aromatic carbocycles. The molecule has 134 valence electrons. The van der Waals surface area contributed by atoms with E-state index in [-0.39, 0.29) is 29.9 Å². The molecule has 0 radical (unpaired) electrons. The highest BCUT2D eigenvalue weighted by atomic mass is 16.2. The molecule has 0 aromatic heterocycles. The second-order valence-electron chi connectivity index (χ2n) is 6.55. The number of rotatable bonds is 8. The predicted molar refractivity (Wildman–Crippen MR) is 94.4 cm³/mol. The van der Waals surface area contributed by atoms with Crippen LogP contribution in [0, 0.1) is 0 Å². The van der Waals surface area contributed by atoms with Crippen molar-refractivity contribution in [2.24, 2.45) is 4.99 Å². The van der Waals surface area contributed by atoms with Gasteiger partial charge in [-0.25, -0.2) is 4.99 Å². The molecule has 0 bridgehead atoms. The van der Waals surface area contributed by atoms with Crippen LogP contribution in [0.15, 0.2) is 4.99 Å². The second kappa shape index (κ2) is 10.9. The number of amides is 2. The van der Waals surface area contributed by atoms with Crippen LogP contribution in [-0.2, 0) is 9.59 Å². The molecular weight excluding hydrogens is 294 g/mol. The number of hydrogen-bond acceptors (Lipinski definition) is 3. The molecule has 7 nitrogen and oxygen atoms in total. The molecule has 0 fully saturated rings. The molecule has 0 aliphatic carbocycles. The molecule has 1 unspecified atom stereocenters. The fourth-order valence-corrected chi connectivity index (χ4v) is 1.69. The minimum absolute atomic E-state index is 0.00757. The summed E-state index contributed by atoms with van der Waals surface area (Å²) in [6.07, 6.45) is 1.27. The Kier molecular flexibility index (Phi) is 10.0. The van der Waals surface area contributed by atoms with Gasteiger partial charge in [-0.15, -0.1) is 0 Å². The van der Waals surface area contributed by atoms with Crippen molar-refractivity contribution < 1.29 is 9.59 Å². The predicted octanol–water partition coefficient (Wildman–Crippen LogP) is 0.761. The van der Waals surface area contributed by atoms with E-state index in [1.165, 1.54) is 0 Å². The Hall–Kier alpha value is -1.79. The summed E-state index contributed by atoms with van der Waals surface area (Å²) in [7, 11) is 0. The number of nitrogens with one attached hydrogen (secondary N) is 4. The quantitative estimate of drug-likeness (QED) is 0.391. The van der Waals surface area contributed by atoms with Crippen molar-refractivity contribution in [1.82, 2.24) is 21.3 Å². The van der Waals surface area contributed by atoms with Gasteiger partial charge in [-0.1, -0.05) is 6.92 Å². The Labute approximate surface area is 140 Å². The third-order valence-corrected chi connectivity index (χ3v) is 2.90. The highest BCUT2D eigenvalue weighted by Crippen LogP contribution is 1.97. The van der Waals surface area contributed by atoms with Gasteiger partial charge in [0.05, 0.1) is 0 Å². The smallest absolute Gasteiger partial charge is 0.242 e. The lowest BCUT2D eigenvalue weighted by atomic mass is 10.1. The molecule has 0 aliphatic heterocycles. The molecule has 1 atom stereocenters. The summed E-state index contributed by atoms with van der Waals surface area (Å²) >= 11 is 0. The summed E-state index contributed by atoms with van der Waals surface area (Å²) < 4.78 is 0. The van der Waals surface area contributed by atoms with Gasteiger partial charge in [0, 0.05) is 31.1 Å². The third-order valence-electron chi connectivity index (χ3n) is 2.90. The minimum atomic E-state index is -0.271. The molecule has 0 heterocycles. The van der Waals surface area contributed by atoms with Crippen molar-refractivity contribution in [2.45, 2.75) is 66.0 Å². The van der Waals surface area contributed by atoms with E-state index in [4.69, 9.17) is 0 Å². The lowest BCUT2D eigenvalue weighted by molar-refractivity contribution is -0.122. The number of carbonyl (C=O) groups excluding carboxylic acids is 2. The summed E-state index contributed by atoms with van der Waals surface area (Å²) in [6.45, 7) is 12.9. The van der Waals surface area contributed by atoms with Crippen LogP contribution in [0.3, 0.4) is 0 Å². The van der Waals surface area contributed by atoms with Crippen molar-refractivity contribution in [1.29, 1.82) is 0 Å².